The molecule has 4 heteroatoms. The molecule has 1 saturated carbocycles. The van der Waals surface area contributed by atoms with E-state index >= 15 is 0 Å². The second-order valence-corrected chi connectivity index (χ2v) is 7.41. The molecule has 0 bridgehead atoms. The molecule has 1 aliphatic carbocycles. The molecular weight excluding hydrogens is 266 g/mol. The van der Waals surface area contributed by atoms with Gasteiger partial charge in [0, 0.05) is 18.9 Å². The number of aliphatic carboxylic acids is 1. The van der Waals surface area contributed by atoms with Gasteiger partial charge in [0.25, 0.3) is 0 Å². The Hall–Kier alpha value is -1.06. The number of hydrogen-bond acceptors (Lipinski definition) is 2. The molecule has 122 valence electrons. The van der Waals surface area contributed by atoms with Gasteiger partial charge in [-0.2, -0.15) is 0 Å². The third-order valence-electron chi connectivity index (χ3n) is 4.70. The van der Waals surface area contributed by atoms with Gasteiger partial charge in [0.1, 0.15) is 0 Å². The minimum absolute atomic E-state index is 0.0744. The number of amides is 1. The Kier molecular flexibility index (Phi) is 7.20. The van der Waals surface area contributed by atoms with Gasteiger partial charge in [-0.15, -0.1) is 0 Å². The highest BCUT2D eigenvalue weighted by Gasteiger charge is 2.26. The van der Waals surface area contributed by atoms with E-state index in [-0.39, 0.29) is 23.7 Å². The van der Waals surface area contributed by atoms with E-state index in [0.717, 1.165) is 19.3 Å². The lowest BCUT2D eigenvalue weighted by atomic mass is 9.76. The lowest BCUT2D eigenvalue weighted by Crippen LogP contribution is -2.34. The van der Waals surface area contributed by atoms with Crippen LogP contribution in [0.3, 0.4) is 0 Å². The van der Waals surface area contributed by atoms with Crippen LogP contribution in [0.4, 0.5) is 0 Å². The number of rotatable bonds is 7. The van der Waals surface area contributed by atoms with E-state index in [1.807, 2.05) is 0 Å². The molecule has 0 saturated heterocycles. The molecule has 1 rings (SSSR count). The third-order valence-corrected chi connectivity index (χ3v) is 4.70. The van der Waals surface area contributed by atoms with Gasteiger partial charge < -0.3 is 10.4 Å². The smallest absolute Gasteiger partial charge is 0.303 e. The van der Waals surface area contributed by atoms with Gasteiger partial charge in [0.15, 0.2) is 0 Å². The largest absolute Gasteiger partial charge is 0.481 e. The lowest BCUT2D eigenvalue weighted by Gasteiger charge is -2.31. The highest BCUT2D eigenvalue weighted by atomic mass is 16.4. The van der Waals surface area contributed by atoms with Crippen LogP contribution in [0.25, 0.3) is 0 Å². The molecule has 4 nitrogen and oxygen atoms in total. The van der Waals surface area contributed by atoms with Crippen LogP contribution in [0, 0.1) is 17.3 Å². The van der Waals surface area contributed by atoms with E-state index in [2.05, 4.69) is 26.1 Å². The van der Waals surface area contributed by atoms with Gasteiger partial charge >= 0.3 is 5.97 Å². The molecule has 0 spiro atoms. The van der Waals surface area contributed by atoms with Gasteiger partial charge in [-0.25, -0.2) is 0 Å². The van der Waals surface area contributed by atoms with E-state index in [4.69, 9.17) is 5.11 Å². The van der Waals surface area contributed by atoms with Gasteiger partial charge in [-0.1, -0.05) is 40.0 Å². The summed E-state index contributed by atoms with van der Waals surface area (Å²) in [6, 6.07) is 0. The summed E-state index contributed by atoms with van der Waals surface area (Å²) in [5.41, 5.74) is 0.0744. The molecule has 0 heterocycles. The Morgan fingerprint density at radius 3 is 2.29 bits per heavy atom. The first-order valence-electron chi connectivity index (χ1n) is 8.30. The molecule has 1 aliphatic rings. The summed E-state index contributed by atoms with van der Waals surface area (Å²) in [5, 5.41) is 11.9. The first-order chi connectivity index (χ1) is 9.80. The minimum atomic E-state index is -0.740. The summed E-state index contributed by atoms with van der Waals surface area (Å²) in [6.07, 6.45) is 7.38. The van der Waals surface area contributed by atoms with Crippen molar-refractivity contribution < 1.29 is 14.7 Å². The number of carboxylic acids is 1. The predicted molar refractivity (Wildman–Crippen MR) is 84.0 cm³/mol. The molecule has 0 aliphatic heterocycles. The van der Waals surface area contributed by atoms with Crippen LogP contribution in [0.15, 0.2) is 0 Å². The molecule has 1 fully saturated rings. The van der Waals surface area contributed by atoms with Crippen molar-refractivity contribution in [3.63, 3.8) is 0 Å². The van der Waals surface area contributed by atoms with Crippen molar-refractivity contribution in [3.8, 4) is 0 Å². The predicted octanol–water partition coefficient (Wildman–Crippen LogP) is 3.60. The van der Waals surface area contributed by atoms with Gasteiger partial charge in [0.05, 0.1) is 0 Å². The zero-order valence-electron chi connectivity index (χ0n) is 13.8. The molecule has 1 amide bonds. The topological polar surface area (TPSA) is 66.4 Å². The van der Waals surface area contributed by atoms with Crippen molar-refractivity contribution in [3.05, 3.63) is 0 Å². The van der Waals surface area contributed by atoms with Crippen LogP contribution in [0.1, 0.15) is 72.1 Å². The van der Waals surface area contributed by atoms with Gasteiger partial charge in [-0.05, 0) is 37.0 Å². The molecule has 1 unspecified atom stereocenters. The highest BCUT2D eigenvalue weighted by molar-refractivity contribution is 5.78. The zero-order chi connectivity index (χ0) is 15.9. The summed E-state index contributed by atoms with van der Waals surface area (Å²) in [7, 11) is 0. The summed E-state index contributed by atoms with van der Waals surface area (Å²) >= 11 is 0. The van der Waals surface area contributed by atoms with Crippen LogP contribution in [-0.2, 0) is 9.59 Å². The van der Waals surface area contributed by atoms with E-state index in [1.165, 1.54) is 19.3 Å². The Balaban J connectivity index is 2.34. The molecule has 21 heavy (non-hydrogen) atoms. The van der Waals surface area contributed by atoms with Crippen molar-refractivity contribution in [1.82, 2.24) is 5.32 Å². The second kappa shape index (κ2) is 8.40. The van der Waals surface area contributed by atoms with Gasteiger partial charge in [-0.3, -0.25) is 9.59 Å². The van der Waals surface area contributed by atoms with E-state index in [1.54, 1.807) is 0 Å². The quantitative estimate of drug-likeness (QED) is 0.754. The van der Waals surface area contributed by atoms with E-state index in [9.17, 15) is 9.59 Å². The summed E-state index contributed by atoms with van der Waals surface area (Å²) in [4.78, 5) is 22.8. The number of carboxylic acid groups (broad SMARTS) is 1. The van der Waals surface area contributed by atoms with Crippen LogP contribution in [-0.4, -0.2) is 23.5 Å². The maximum absolute atomic E-state index is 12.1. The highest BCUT2D eigenvalue weighted by Crippen LogP contribution is 2.32. The van der Waals surface area contributed by atoms with Crippen molar-refractivity contribution in [2.75, 3.05) is 6.54 Å². The fourth-order valence-electron chi connectivity index (χ4n) is 3.19. The standard InChI is InChI=1S/C17H31NO3/c1-17(2,3)14(9-10-15(19)20)11-12-18-16(21)13-7-5-4-6-8-13/h13-14H,4-12H2,1-3H3,(H,18,21)(H,19,20). The Bertz CT molecular complexity index is 340. The van der Waals surface area contributed by atoms with Crippen molar-refractivity contribution in [2.45, 2.75) is 72.1 Å². The number of nitrogens with one attached hydrogen (secondary N) is 1. The Labute approximate surface area is 128 Å². The van der Waals surface area contributed by atoms with Crippen LogP contribution < -0.4 is 5.32 Å². The minimum Gasteiger partial charge on any atom is -0.481 e. The summed E-state index contributed by atoms with van der Waals surface area (Å²) < 4.78 is 0. The molecule has 0 radical (unpaired) electrons. The monoisotopic (exact) mass is 297 g/mol. The zero-order valence-corrected chi connectivity index (χ0v) is 13.8. The first kappa shape index (κ1) is 18.0. The summed E-state index contributed by atoms with van der Waals surface area (Å²) in [5.74, 6) is -0.0257. The summed E-state index contributed by atoms with van der Waals surface area (Å²) in [6.45, 7) is 7.09. The van der Waals surface area contributed by atoms with E-state index < -0.39 is 5.97 Å². The second-order valence-electron chi connectivity index (χ2n) is 7.41. The molecule has 2 N–H and O–H groups in total. The first-order valence-corrected chi connectivity index (χ1v) is 8.30. The Morgan fingerprint density at radius 2 is 1.76 bits per heavy atom. The van der Waals surface area contributed by atoms with Gasteiger partial charge in [0.2, 0.25) is 5.91 Å². The third kappa shape index (κ3) is 6.96. The van der Waals surface area contributed by atoms with Crippen molar-refractivity contribution in [1.29, 1.82) is 0 Å². The number of carbonyl (C=O) groups is 2. The lowest BCUT2D eigenvalue weighted by molar-refractivity contribution is -0.137. The average Bonchev–Trinajstić information content (AvgIpc) is 2.41. The van der Waals surface area contributed by atoms with E-state index in [0.29, 0.717) is 18.9 Å². The molecular formula is C17H31NO3. The van der Waals surface area contributed by atoms with Crippen LogP contribution in [0.2, 0.25) is 0 Å². The number of hydrogen-bond donors (Lipinski definition) is 2. The van der Waals surface area contributed by atoms with Crippen LogP contribution >= 0.6 is 0 Å². The normalized spacial score (nSPS) is 18.2. The van der Waals surface area contributed by atoms with Crippen molar-refractivity contribution in [2.24, 2.45) is 17.3 Å². The SMILES string of the molecule is CC(C)(C)C(CCNC(=O)C1CCCCC1)CCC(=O)O. The maximum Gasteiger partial charge on any atom is 0.303 e. The van der Waals surface area contributed by atoms with Crippen LogP contribution in [0.5, 0.6) is 0 Å². The fourth-order valence-corrected chi connectivity index (χ4v) is 3.19. The fraction of sp³-hybridized carbons (Fsp3) is 0.882. The maximum atomic E-state index is 12.1. The Morgan fingerprint density at radius 1 is 1.14 bits per heavy atom. The molecule has 1 atom stereocenters. The molecule has 0 aromatic heterocycles. The number of carbonyl (C=O) groups excluding carboxylic acids is 1. The molecule has 0 aromatic rings. The molecule has 0 aromatic carbocycles. The van der Waals surface area contributed by atoms with Crippen molar-refractivity contribution >= 4 is 11.9 Å². The average molecular weight is 297 g/mol.